The second-order valence-corrected chi connectivity index (χ2v) is 8.57. The van der Waals surface area contributed by atoms with E-state index in [0.717, 1.165) is 16.8 Å². The number of thiazole rings is 1. The van der Waals surface area contributed by atoms with E-state index in [1.165, 1.54) is 59.7 Å². The standard InChI is InChI=1S/C25H16F2N2O4S/c1-33-17-10-11-18-19(12-17)34-25(28-18)29-21(13-2-6-15(26)7-3-13)20(23(31)24(29)32)22(30)14-4-8-16(27)9-5-14/h2-12,21,30H,1H3/b22-20+. The molecule has 1 unspecified atom stereocenters. The van der Waals surface area contributed by atoms with Gasteiger partial charge in [0.25, 0.3) is 5.78 Å². The number of ketones is 1. The summed E-state index contributed by atoms with van der Waals surface area (Å²) in [6.07, 6.45) is 0. The summed E-state index contributed by atoms with van der Waals surface area (Å²) in [7, 11) is 1.53. The number of ether oxygens (including phenoxy) is 1. The number of aliphatic hydroxyl groups is 1. The van der Waals surface area contributed by atoms with Crippen molar-refractivity contribution in [1.82, 2.24) is 4.98 Å². The van der Waals surface area contributed by atoms with Crippen molar-refractivity contribution in [1.29, 1.82) is 0 Å². The summed E-state index contributed by atoms with van der Waals surface area (Å²) >= 11 is 1.18. The Balaban J connectivity index is 1.71. The van der Waals surface area contributed by atoms with Crippen LogP contribution in [-0.2, 0) is 9.59 Å². The number of benzene rings is 3. The molecule has 3 aromatic carbocycles. The molecule has 1 N–H and O–H groups in total. The fraction of sp³-hybridized carbons (Fsp3) is 0.0800. The lowest BCUT2D eigenvalue weighted by molar-refractivity contribution is -0.132. The molecule has 2 heterocycles. The lowest BCUT2D eigenvalue weighted by atomic mass is 9.95. The highest BCUT2D eigenvalue weighted by molar-refractivity contribution is 7.22. The van der Waals surface area contributed by atoms with E-state index in [-0.39, 0.29) is 16.3 Å². The minimum atomic E-state index is -1.06. The highest BCUT2D eigenvalue weighted by Gasteiger charge is 2.48. The topological polar surface area (TPSA) is 79.7 Å². The minimum absolute atomic E-state index is 0.167. The Bertz CT molecular complexity index is 1460. The molecule has 1 fully saturated rings. The molecule has 1 amide bonds. The van der Waals surface area contributed by atoms with Crippen LogP contribution >= 0.6 is 11.3 Å². The van der Waals surface area contributed by atoms with E-state index in [4.69, 9.17) is 4.74 Å². The van der Waals surface area contributed by atoms with Gasteiger partial charge in [0, 0.05) is 5.56 Å². The number of hydrogen-bond donors (Lipinski definition) is 1. The Kier molecular flexibility index (Phi) is 5.33. The van der Waals surface area contributed by atoms with Crippen LogP contribution in [0.15, 0.2) is 72.3 Å². The first-order valence-electron chi connectivity index (χ1n) is 10.1. The van der Waals surface area contributed by atoms with Crippen molar-refractivity contribution < 1.29 is 28.2 Å². The van der Waals surface area contributed by atoms with E-state index in [0.29, 0.717) is 16.8 Å². The van der Waals surface area contributed by atoms with Crippen molar-refractivity contribution >= 4 is 44.1 Å². The maximum Gasteiger partial charge on any atom is 0.301 e. The summed E-state index contributed by atoms with van der Waals surface area (Å²) < 4.78 is 33.0. The number of fused-ring (bicyclic) bond motifs is 1. The molecule has 9 heteroatoms. The number of amides is 1. The van der Waals surface area contributed by atoms with Crippen LogP contribution in [-0.4, -0.2) is 28.9 Å². The molecule has 1 atom stereocenters. The molecular weight excluding hydrogens is 462 g/mol. The molecule has 4 aromatic rings. The third-order valence-corrected chi connectivity index (χ3v) is 6.56. The summed E-state index contributed by atoms with van der Waals surface area (Å²) in [5.74, 6) is -2.67. The lowest BCUT2D eigenvalue weighted by Crippen LogP contribution is -2.29. The molecule has 5 rings (SSSR count). The van der Waals surface area contributed by atoms with E-state index < -0.39 is 35.1 Å². The van der Waals surface area contributed by atoms with E-state index in [1.807, 2.05) is 0 Å². The van der Waals surface area contributed by atoms with Crippen molar-refractivity contribution in [2.24, 2.45) is 0 Å². The van der Waals surface area contributed by atoms with Gasteiger partial charge in [0.2, 0.25) is 0 Å². The highest BCUT2D eigenvalue weighted by atomic mass is 32.1. The van der Waals surface area contributed by atoms with Crippen molar-refractivity contribution in [3.63, 3.8) is 0 Å². The molecule has 0 saturated carbocycles. The van der Waals surface area contributed by atoms with Crippen LogP contribution in [0.4, 0.5) is 13.9 Å². The summed E-state index contributed by atoms with van der Waals surface area (Å²) in [6.45, 7) is 0. The quantitative estimate of drug-likeness (QED) is 0.248. The SMILES string of the molecule is COc1ccc2nc(N3C(=O)C(=O)/C(=C(/O)c4ccc(F)cc4)C3c3ccc(F)cc3)sc2c1. The highest BCUT2D eigenvalue weighted by Crippen LogP contribution is 2.44. The summed E-state index contributed by atoms with van der Waals surface area (Å²) in [6, 6.07) is 14.3. The zero-order valence-electron chi connectivity index (χ0n) is 17.7. The van der Waals surface area contributed by atoms with Crippen LogP contribution in [0.1, 0.15) is 17.2 Å². The third-order valence-electron chi connectivity index (χ3n) is 5.54. The molecule has 0 radical (unpaired) electrons. The number of carbonyl (C=O) groups is 2. The first-order valence-corrected chi connectivity index (χ1v) is 11.0. The predicted octanol–water partition coefficient (Wildman–Crippen LogP) is 5.21. The number of aromatic nitrogens is 1. The summed E-state index contributed by atoms with van der Waals surface area (Å²) in [5.41, 5.74) is 0.973. The van der Waals surface area contributed by atoms with Crippen LogP contribution in [0.25, 0.3) is 16.0 Å². The third kappa shape index (κ3) is 3.60. The average Bonchev–Trinajstić information content (AvgIpc) is 3.37. The van der Waals surface area contributed by atoms with Gasteiger partial charge in [-0.05, 0) is 60.2 Å². The minimum Gasteiger partial charge on any atom is -0.507 e. The maximum absolute atomic E-state index is 13.7. The molecule has 1 aliphatic heterocycles. The number of methoxy groups -OCH3 is 1. The van der Waals surface area contributed by atoms with Crippen LogP contribution in [0, 0.1) is 11.6 Å². The number of anilines is 1. The molecule has 0 spiro atoms. The van der Waals surface area contributed by atoms with E-state index in [2.05, 4.69) is 4.98 Å². The number of halogens is 2. The van der Waals surface area contributed by atoms with Gasteiger partial charge < -0.3 is 9.84 Å². The molecule has 170 valence electrons. The number of carbonyl (C=O) groups excluding carboxylic acids is 2. The predicted molar refractivity (Wildman–Crippen MR) is 124 cm³/mol. The molecular formula is C25H16F2N2O4S. The zero-order valence-corrected chi connectivity index (χ0v) is 18.5. The Labute approximate surface area is 196 Å². The Hall–Kier alpha value is -4.11. The van der Waals surface area contributed by atoms with Crippen molar-refractivity contribution in [2.45, 2.75) is 6.04 Å². The molecule has 0 bridgehead atoms. The van der Waals surface area contributed by atoms with Gasteiger partial charge in [-0.25, -0.2) is 13.8 Å². The Morgan fingerprint density at radius 3 is 2.29 bits per heavy atom. The molecule has 1 aromatic heterocycles. The van der Waals surface area contributed by atoms with Gasteiger partial charge in [-0.2, -0.15) is 0 Å². The van der Waals surface area contributed by atoms with Gasteiger partial charge in [0.1, 0.15) is 23.1 Å². The summed E-state index contributed by atoms with van der Waals surface area (Å²) in [4.78, 5) is 32.0. The van der Waals surface area contributed by atoms with Crippen LogP contribution < -0.4 is 9.64 Å². The number of Topliss-reactive ketones (excluding diaryl/α,β-unsaturated/α-hetero) is 1. The number of hydrogen-bond acceptors (Lipinski definition) is 6. The Morgan fingerprint density at radius 2 is 1.65 bits per heavy atom. The lowest BCUT2D eigenvalue weighted by Gasteiger charge is -2.23. The van der Waals surface area contributed by atoms with Crippen molar-refractivity contribution in [3.05, 3.63) is 95.1 Å². The smallest absolute Gasteiger partial charge is 0.301 e. The second kappa shape index (κ2) is 8.35. The monoisotopic (exact) mass is 478 g/mol. The van der Waals surface area contributed by atoms with Crippen molar-refractivity contribution in [2.75, 3.05) is 12.0 Å². The maximum atomic E-state index is 13.7. The number of aliphatic hydroxyl groups excluding tert-OH is 1. The zero-order chi connectivity index (χ0) is 24.0. The first-order chi connectivity index (χ1) is 16.4. The van der Waals surface area contributed by atoms with Gasteiger partial charge in [-0.15, -0.1) is 0 Å². The van der Waals surface area contributed by atoms with Gasteiger partial charge in [-0.3, -0.25) is 14.5 Å². The average molecular weight is 478 g/mol. The van der Waals surface area contributed by atoms with Gasteiger partial charge >= 0.3 is 5.91 Å². The molecule has 0 aliphatic carbocycles. The fourth-order valence-corrected chi connectivity index (χ4v) is 4.90. The Morgan fingerprint density at radius 1 is 1.00 bits per heavy atom. The van der Waals surface area contributed by atoms with E-state index in [9.17, 15) is 23.5 Å². The van der Waals surface area contributed by atoms with Crippen LogP contribution in [0.3, 0.4) is 0 Å². The summed E-state index contributed by atoms with van der Waals surface area (Å²) in [5, 5.41) is 11.2. The molecule has 6 nitrogen and oxygen atoms in total. The largest absolute Gasteiger partial charge is 0.507 e. The van der Waals surface area contributed by atoms with E-state index >= 15 is 0 Å². The van der Waals surface area contributed by atoms with Crippen molar-refractivity contribution in [3.8, 4) is 5.75 Å². The number of nitrogens with zero attached hydrogens (tertiary/aromatic N) is 2. The number of rotatable bonds is 4. The second-order valence-electron chi connectivity index (χ2n) is 7.56. The van der Waals surface area contributed by atoms with Crippen LogP contribution in [0.2, 0.25) is 0 Å². The van der Waals surface area contributed by atoms with Gasteiger partial charge in [-0.1, -0.05) is 23.5 Å². The van der Waals surface area contributed by atoms with Gasteiger partial charge in [0.05, 0.1) is 28.9 Å². The normalized spacial score (nSPS) is 17.5. The van der Waals surface area contributed by atoms with E-state index in [1.54, 1.807) is 18.2 Å². The molecule has 1 aliphatic rings. The fourth-order valence-electron chi connectivity index (χ4n) is 3.88. The van der Waals surface area contributed by atoms with Gasteiger partial charge in [0.15, 0.2) is 5.13 Å². The molecule has 1 saturated heterocycles. The van der Waals surface area contributed by atoms with Crippen LogP contribution in [0.5, 0.6) is 5.75 Å². The molecule has 34 heavy (non-hydrogen) atoms. The first kappa shape index (κ1) is 21.7.